The quantitative estimate of drug-likeness (QED) is 0.552. The number of para-hydroxylation sites is 1. The maximum Gasteiger partial charge on any atom is 0.251 e. The van der Waals surface area contributed by atoms with Crippen molar-refractivity contribution in [3.05, 3.63) is 51.9 Å². The number of anilines is 1. The molecule has 0 aliphatic carbocycles. The highest BCUT2D eigenvalue weighted by molar-refractivity contribution is 7.99. The minimum atomic E-state index is -0.177. The van der Waals surface area contributed by atoms with Gasteiger partial charge in [-0.1, -0.05) is 57.2 Å². The van der Waals surface area contributed by atoms with Crippen molar-refractivity contribution in [2.24, 2.45) is 0 Å². The van der Waals surface area contributed by atoms with Gasteiger partial charge in [0.1, 0.15) is 0 Å². The van der Waals surface area contributed by atoms with Crippen molar-refractivity contribution in [2.75, 3.05) is 11.1 Å². The summed E-state index contributed by atoms with van der Waals surface area (Å²) in [5.74, 6) is 0.477. The van der Waals surface area contributed by atoms with Crippen LogP contribution >= 0.6 is 11.8 Å². The average Bonchev–Trinajstić information content (AvgIpc) is 2.59. The van der Waals surface area contributed by atoms with E-state index in [4.69, 9.17) is 0 Å². The Labute approximate surface area is 152 Å². The van der Waals surface area contributed by atoms with E-state index in [-0.39, 0.29) is 17.2 Å². The van der Waals surface area contributed by atoms with Crippen molar-refractivity contribution in [2.45, 2.75) is 51.1 Å². The first-order valence-electron chi connectivity index (χ1n) is 8.65. The number of amides is 1. The molecule has 1 amide bonds. The van der Waals surface area contributed by atoms with E-state index in [9.17, 15) is 9.59 Å². The lowest BCUT2D eigenvalue weighted by Crippen LogP contribution is -2.17. The fourth-order valence-corrected chi connectivity index (χ4v) is 3.21. The summed E-state index contributed by atoms with van der Waals surface area (Å²) in [7, 11) is 0. The smallest absolute Gasteiger partial charge is 0.251 e. The van der Waals surface area contributed by atoms with Gasteiger partial charge in [-0.25, -0.2) is 4.98 Å². The summed E-state index contributed by atoms with van der Waals surface area (Å²) in [6, 6.07) is 9.38. The zero-order valence-corrected chi connectivity index (χ0v) is 15.8. The Bertz CT molecular complexity index is 773. The number of carbonyl (C=O) groups is 1. The predicted octanol–water partition coefficient (Wildman–Crippen LogP) is 3.97. The molecule has 1 aromatic carbocycles. The van der Waals surface area contributed by atoms with Crippen molar-refractivity contribution in [1.29, 1.82) is 0 Å². The van der Waals surface area contributed by atoms with Gasteiger partial charge >= 0.3 is 0 Å². The van der Waals surface area contributed by atoms with Gasteiger partial charge in [-0.3, -0.25) is 9.59 Å². The Balaban J connectivity index is 2.01. The number of benzene rings is 1. The predicted molar refractivity (Wildman–Crippen MR) is 103 cm³/mol. The Morgan fingerprint density at radius 1 is 1.32 bits per heavy atom. The molecular formula is C19H25N3O2S. The highest BCUT2D eigenvalue weighted by Crippen LogP contribution is 2.26. The summed E-state index contributed by atoms with van der Waals surface area (Å²) >= 11 is 1.24. The first-order valence-corrected chi connectivity index (χ1v) is 9.63. The lowest BCUT2D eigenvalue weighted by Gasteiger charge is -2.15. The molecule has 0 bridgehead atoms. The molecule has 1 heterocycles. The second-order valence-electron chi connectivity index (χ2n) is 6.03. The summed E-state index contributed by atoms with van der Waals surface area (Å²) in [5, 5.41) is 3.46. The van der Waals surface area contributed by atoms with E-state index in [2.05, 4.69) is 29.1 Å². The van der Waals surface area contributed by atoms with Gasteiger partial charge in [-0.15, -0.1) is 0 Å². The second-order valence-corrected chi connectivity index (χ2v) is 6.99. The highest BCUT2D eigenvalue weighted by atomic mass is 32.2. The minimum Gasteiger partial charge on any atom is -0.325 e. The number of hydrogen-bond acceptors (Lipinski definition) is 4. The van der Waals surface area contributed by atoms with E-state index in [1.165, 1.54) is 17.8 Å². The van der Waals surface area contributed by atoms with E-state index < -0.39 is 0 Å². The molecule has 6 heteroatoms. The Morgan fingerprint density at radius 2 is 2.08 bits per heavy atom. The van der Waals surface area contributed by atoms with Gasteiger partial charge in [-0.2, -0.15) is 0 Å². The number of H-pyrrole nitrogens is 1. The Kier molecular flexibility index (Phi) is 7.25. The number of aromatic nitrogens is 2. The van der Waals surface area contributed by atoms with Crippen molar-refractivity contribution in [1.82, 2.24) is 9.97 Å². The van der Waals surface area contributed by atoms with E-state index in [0.29, 0.717) is 11.1 Å². The van der Waals surface area contributed by atoms with E-state index in [1.54, 1.807) is 0 Å². The summed E-state index contributed by atoms with van der Waals surface area (Å²) in [4.78, 5) is 31.0. The van der Waals surface area contributed by atoms with Crippen molar-refractivity contribution in [3.63, 3.8) is 0 Å². The summed E-state index contributed by atoms with van der Waals surface area (Å²) < 4.78 is 0. The number of rotatable bonds is 8. The fraction of sp³-hybridized carbons (Fsp3) is 0.421. The van der Waals surface area contributed by atoms with Crippen molar-refractivity contribution < 1.29 is 4.79 Å². The lowest BCUT2D eigenvalue weighted by molar-refractivity contribution is -0.113. The zero-order chi connectivity index (χ0) is 18.2. The first-order chi connectivity index (χ1) is 12.0. The van der Waals surface area contributed by atoms with Gasteiger partial charge in [0.25, 0.3) is 5.56 Å². The molecule has 1 atom stereocenters. The van der Waals surface area contributed by atoms with E-state index in [0.717, 1.165) is 36.2 Å². The molecule has 0 fully saturated rings. The molecule has 134 valence electrons. The van der Waals surface area contributed by atoms with Crippen LogP contribution in [0.2, 0.25) is 0 Å². The molecule has 0 saturated carbocycles. The number of thioether (sulfide) groups is 1. The van der Waals surface area contributed by atoms with Gasteiger partial charge in [0.05, 0.1) is 5.75 Å². The van der Waals surface area contributed by atoms with Crippen LogP contribution in [0, 0.1) is 0 Å². The van der Waals surface area contributed by atoms with Crippen LogP contribution in [0.15, 0.2) is 40.3 Å². The van der Waals surface area contributed by atoms with Gasteiger partial charge in [0.2, 0.25) is 5.91 Å². The topological polar surface area (TPSA) is 74.8 Å². The molecule has 0 saturated heterocycles. The number of hydrogen-bond donors (Lipinski definition) is 2. The molecule has 0 radical (unpaired) electrons. The molecule has 0 aliphatic heterocycles. The molecule has 25 heavy (non-hydrogen) atoms. The third kappa shape index (κ3) is 5.74. The number of carbonyl (C=O) groups excluding carboxylic acids is 1. The molecule has 0 spiro atoms. The monoisotopic (exact) mass is 359 g/mol. The number of nitrogens with one attached hydrogen (secondary N) is 2. The normalized spacial score (nSPS) is 12.0. The average molecular weight is 359 g/mol. The van der Waals surface area contributed by atoms with Gasteiger partial charge in [0.15, 0.2) is 5.16 Å². The SMILES string of the molecule is CCCc1cc(=O)[nH]c(SCC(=O)Nc2ccccc2C(C)CC)n1. The fourth-order valence-electron chi connectivity index (χ4n) is 2.52. The van der Waals surface area contributed by atoms with Crippen LogP contribution in [0.5, 0.6) is 0 Å². The third-order valence-electron chi connectivity index (χ3n) is 4.00. The number of aryl methyl sites for hydroxylation is 1. The summed E-state index contributed by atoms with van der Waals surface area (Å²) in [6.45, 7) is 6.32. The lowest BCUT2D eigenvalue weighted by atomic mass is 9.97. The van der Waals surface area contributed by atoms with Gasteiger partial charge in [-0.05, 0) is 30.4 Å². The third-order valence-corrected chi connectivity index (χ3v) is 4.87. The van der Waals surface area contributed by atoms with Gasteiger partial charge < -0.3 is 10.3 Å². The standard InChI is InChI=1S/C19H25N3O2S/c1-4-8-14-11-17(23)22-19(20-14)25-12-18(24)21-16-10-7-6-9-15(16)13(3)5-2/h6-7,9-11,13H,4-5,8,12H2,1-3H3,(H,21,24)(H,20,22,23). The molecule has 1 aromatic heterocycles. The summed E-state index contributed by atoms with van der Waals surface area (Å²) in [5.41, 5.74) is 2.57. The van der Waals surface area contributed by atoms with Crippen LogP contribution in [0.1, 0.15) is 50.8 Å². The Morgan fingerprint density at radius 3 is 2.80 bits per heavy atom. The van der Waals surface area contributed by atoms with E-state index >= 15 is 0 Å². The number of aromatic amines is 1. The second kappa shape index (κ2) is 9.42. The maximum atomic E-state index is 12.3. The molecule has 2 aromatic rings. The Hall–Kier alpha value is -2.08. The molecule has 1 unspecified atom stereocenters. The molecule has 5 nitrogen and oxygen atoms in total. The van der Waals surface area contributed by atoms with Crippen molar-refractivity contribution in [3.8, 4) is 0 Å². The molecular weight excluding hydrogens is 334 g/mol. The van der Waals surface area contributed by atoms with E-state index in [1.807, 2.05) is 31.2 Å². The van der Waals surface area contributed by atoms with Crippen LogP contribution in [-0.2, 0) is 11.2 Å². The molecule has 0 aliphatic rings. The van der Waals surface area contributed by atoms with Gasteiger partial charge in [0, 0.05) is 17.4 Å². The van der Waals surface area contributed by atoms with Crippen LogP contribution in [0.25, 0.3) is 0 Å². The minimum absolute atomic E-state index is 0.107. The zero-order valence-electron chi connectivity index (χ0n) is 15.0. The maximum absolute atomic E-state index is 12.3. The summed E-state index contributed by atoms with van der Waals surface area (Å²) in [6.07, 6.45) is 2.69. The first kappa shape index (κ1) is 19.2. The molecule has 2 N–H and O–H groups in total. The largest absolute Gasteiger partial charge is 0.325 e. The van der Waals surface area contributed by atoms with Crippen LogP contribution in [0.4, 0.5) is 5.69 Å². The molecule has 2 rings (SSSR count). The van der Waals surface area contributed by atoms with Crippen LogP contribution in [0.3, 0.4) is 0 Å². The number of nitrogens with zero attached hydrogens (tertiary/aromatic N) is 1. The van der Waals surface area contributed by atoms with Crippen LogP contribution < -0.4 is 10.9 Å². The highest BCUT2D eigenvalue weighted by Gasteiger charge is 2.12. The van der Waals surface area contributed by atoms with Crippen LogP contribution in [-0.4, -0.2) is 21.6 Å². The van der Waals surface area contributed by atoms with Crippen molar-refractivity contribution >= 4 is 23.4 Å².